The Kier molecular flexibility index (Phi) is 5.70. The summed E-state index contributed by atoms with van der Waals surface area (Å²) in [5, 5.41) is 3.76. The standard InChI is InChI=1S/C20H20BrFN4O/c1-4-26(5-2)20(27)15-11-23-19-14(8-6-12(3)24-19)18(15)25-17-9-7-13(21)10-16(17)22/h6-11H,4-5H2,1-3H3,(H,23,24,25). The monoisotopic (exact) mass is 430 g/mol. The molecule has 1 amide bonds. The van der Waals surface area contributed by atoms with Gasteiger partial charge in [-0.05, 0) is 51.1 Å². The molecule has 0 unspecified atom stereocenters. The van der Waals surface area contributed by atoms with E-state index in [1.165, 1.54) is 12.3 Å². The molecule has 0 bridgehead atoms. The van der Waals surface area contributed by atoms with Crippen molar-refractivity contribution in [3.8, 4) is 0 Å². The molecule has 0 saturated heterocycles. The minimum Gasteiger partial charge on any atom is -0.352 e. The van der Waals surface area contributed by atoms with Crippen LogP contribution < -0.4 is 5.32 Å². The third-order valence-electron chi connectivity index (χ3n) is 4.34. The molecule has 2 aromatic heterocycles. The molecule has 0 spiro atoms. The van der Waals surface area contributed by atoms with E-state index in [-0.39, 0.29) is 11.6 Å². The van der Waals surface area contributed by atoms with Gasteiger partial charge in [0.15, 0.2) is 5.65 Å². The van der Waals surface area contributed by atoms with Crippen LogP contribution in [-0.4, -0.2) is 33.9 Å². The van der Waals surface area contributed by atoms with Crippen molar-refractivity contribution in [1.29, 1.82) is 0 Å². The van der Waals surface area contributed by atoms with Crippen molar-refractivity contribution >= 4 is 44.2 Å². The van der Waals surface area contributed by atoms with E-state index in [0.29, 0.717) is 39.8 Å². The number of carbonyl (C=O) groups excluding carboxylic acids is 1. The van der Waals surface area contributed by atoms with E-state index in [0.717, 1.165) is 5.69 Å². The van der Waals surface area contributed by atoms with E-state index in [1.807, 2.05) is 32.9 Å². The molecule has 1 N–H and O–H groups in total. The molecule has 140 valence electrons. The molecule has 0 aliphatic rings. The topological polar surface area (TPSA) is 58.1 Å². The van der Waals surface area contributed by atoms with Gasteiger partial charge in [0.25, 0.3) is 5.91 Å². The fourth-order valence-corrected chi connectivity index (χ4v) is 3.21. The fourth-order valence-electron chi connectivity index (χ4n) is 2.88. The summed E-state index contributed by atoms with van der Waals surface area (Å²) in [5.41, 5.74) is 2.49. The zero-order valence-corrected chi connectivity index (χ0v) is 17.0. The largest absolute Gasteiger partial charge is 0.352 e. The molecular formula is C20H20BrFN4O. The van der Waals surface area contributed by atoms with Crippen LogP contribution in [0.1, 0.15) is 29.9 Å². The molecule has 3 aromatic rings. The van der Waals surface area contributed by atoms with Gasteiger partial charge >= 0.3 is 0 Å². The van der Waals surface area contributed by atoms with E-state index < -0.39 is 5.82 Å². The molecule has 27 heavy (non-hydrogen) atoms. The third-order valence-corrected chi connectivity index (χ3v) is 4.83. The highest BCUT2D eigenvalue weighted by molar-refractivity contribution is 9.10. The summed E-state index contributed by atoms with van der Waals surface area (Å²) in [6.07, 6.45) is 1.51. The number of rotatable bonds is 5. The van der Waals surface area contributed by atoms with Gasteiger partial charge in [-0.25, -0.2) is 14.4 Å². The van der Waals surface area contributed by atoms with Gasteiger partial charge in [-0.15, -0.1) is 0 Å². The molecule has 3 rings (SSSR count). The lowest BCUT2D eigenvalue weighted by Crippen LogP contribution is -2.31. The van der Waals surface area contributed by atoms with Crippen LogP contribution in [0.3, 0.4) is 0 Å². The molecule has 0 radical (unpaired) electrons. The second kappa shape index (κ2) is 8.00. The second-order valence-electron chi connectivity index (χ2n) is 6.10. The summed E-state index contributed by atoms with van der Waals surface area (Å²) in [5.74, 6) is -0.578. The minimum absolute atomic E-state index is 0.157. The van der Waals surface area contributed by atoms with Crippen molar-refractivity contribution in [2.75, 3.05) is 18.4 Å². The summed E-state index contributed by atoms with van der Waals surface area (Å²) >= 11 is 3.26. The van der Waals surface area contributed by atoms with E-state index in [4.69, 9.17) is 0 Å². The number of nitrogens with one attached hydrogen (secondary N) is 1. The Morgan fingerprint density at radius 1 is 1.22 bits per heavy atom. The summed E-state index contributed by atoms with van der Waals surface area (Å²) in [6.45, 7) is 6.86. The zero-order valence-electron chi connectivity index (χ0n) is 15.4. The van der Waals surface area contributed by atoms with Gasteiger partial charge in [0, 0.05) is 34.8 Å². The van der Waals surface area contributed by atoms with Crippen molar-refractivity contribution in [1.82, 2.24) is 14.9 Å². The van der Waals surface area contributed by atoms with Crippen LogP contribution in [0.15, 0.2) is 41.0 Å². The number of hydrogen-bond acceptors (Lipinski definition) is 4. The second-order valence-corrected chi connectivity index (χ2v) is 7.01. The van der Waals surface area contributed by atoms with Crippen LogP contribution in [0.25, 0.3) is 11.0 Å². The van der Waals surface area contributed by atoms with E-state index in [2.05, 4.69) is 31.2 Å². The quantitative estimate of drug-likeness (QED) is 0.613. The van der Waals surface area contributed by atoms with E-state index in [9.17, 15) is 9.18 Å². The Morgan fingerprint density at radius 2 is 1.96 bits per heavy atom. The van der Waals surface area contributed by atoms with Crippen molar-refractivity contribution in [2.24, 2.45) is 0 Å². The average molecular weight is 431 g/mol. The summed E-state index contributed by atoms with van der Waals surface area (Å²) in [6, 6.07) is 8.43. The summed E-state index contributed by atoms with van der Waals surface area (Å²) in [4.78, 5) is 23.5. The maximum absolute atomic E-state index is 14.4. The highest BCUT2D eigenvalue weighted by Crippen LogP contribution is 2.31. The van der Waals surface area contributed by atoms with Crippen LogP contribution in [-0.2, 0) is 0 Å². The van der Waals surface area contributed by atoms with E-state index >= 15 is 0 Å². The fraction of sp³-hybridized carbons (Fsp3) is 0.250. The van der Waals surface area contributed by atoms with Gasteiger partial charge in [-0.1, -0.05) is 15.9 Å². The van der Waals surface area contributed by atoms with Crippen LogP contribution in [0.5, 0.6) is 0 Å². The Labute approximate surface area is 165 Å². The molecule has 0 saturated carbocycles. The van der Waals surface area contributed by atoms with Crippen molar-refractivity contribution < 1.29 is 9.18 Å². The predicted molar refractivity (Wildman–Crippen MR) is 109 cm³/mol. The lowest BCUT2D eigenvalue weighted by Gasteiger charge is -2.21. The number of aryl methyl sites for hydroxylation is 1. The molecule has 0 aliphatic carbocycles. The van der Waals surface area contributed by atoms with Crippen LogP contribution in [0.2, 0.25) is 0 Å². The molecular weight excluding hydrogens is 411 g/mol. The number of amides is 1. The van der Waals surface area contributed by atoms with Crippen molar-refractivity contribution in [3.05, 3.63) is 58.1 Å². The first-order chi connectivity index (χ1) is 12.9. The molecule has 2 heterocycles. The van der Waals surface area contributed by atoms with Gasteiger partial charge in [0.1, 0.15) is 5.82 Å². The number of fused-ring (bicyclic) bond motifs is 1. The van der Waals surface area contributed by atoms with Crippen molar-refractivity contribution in [3.63, 3.8) is 0 Å². The third kappa shape index (κ3) is 3.93. The summed E-state index contributed by atoms with van der Waals surface area (Å²) < 4.78 is 15.0. The Bertz CT molecular complexity index is 1000. The summed E-state index contributed by atoms with van der Waals surface area (Å²) in [7, 11) is 0. The van der Waals surface area contributed by atoms with Gasteiger partial charge in [0.2, 0.25) is 0 Å². The number of anilines is 2. The predicted octanol–water partition coefficient (Wildman–Crippen LogP) is 5.07. The number of halogens is 2. The number of aromatic nitrogens is 2. The molecule has 1 aromatic carbocycles. The van der Waals surface area contributed by atoms with Gasteiger partial charge < -0.3 is 10.2 Å². The maximum Gasteiger partial charge on any atom is 0.257 e. The van der Waals surface area contributed by atoms with Gasteiger partial charge in [-0.3, -0.25) is 4.79 Å². The lowest BCUT2D eigenvalue weighted by atomic mass is 10.1. The SMILES string of the molecule is CCN(CC)C(=O)c1cnc2nc(C)ccc2c1Nc1ccc(Br)cc1F. The number of carbonyl (C=O) groups is 1. The number of nitrogens with zero attached hydrogens (tertiary/aromatic N) is 3. The van der Waals surface area contributed by atoms with Crippen LogP contribution in [0.4, 0.5) is 15.8 Å². The number of benzene rings is 1. The minimum atomic E-state index is -0.421. The molecule has 5 nitrogen and oxygen atoms in total. The smallest absolute Gasteiger partial charge is 0.257 e. The average Bonchev–Trinajstić information content (AvgIpc) is 2.64. The molecule has 0 atom stereocenters. The highest BCUT2D eigenvalue weighted by atomic mass is 79.9. The van der Waals surface area contributed by atoms with Crippen LogP contribution >= 0.6 is 15.9 Å². The Balaban J connectivity index is 2.19. The van der Waals surface area contributed by atoms with Gasteiger partial charge in [0.05, 0.1) is 16.9 Å². The van der Waals surface area contributed by atoms with Crippen LogP contribution in [0, 0.1) is 12.7 Å². The van der Waals surface area contributed by atoms with E-state index in [1.54, 1.807) is 17.0 Å². The number of hydrogen-bond donors (Lipinski definition) is 1. The molecule has 0 fully saturated rings. The highest BCUT2D eigenvalue weighted by Gasteiger charge is 2.21. The van der Waals surface area contributed by atoms with Crippen molar-refractivity contribution in [2.45, 2.75) is 20.8 Å². The van der Waals surface area contributed by atoms with Gasteiger partial charge in [-0.2, -0.15) is 0 Å². The molecule has 0 aliphatic heterocycles. The Hall–Kier alpha value is -2.54. The first-order valence-corrected chi connectivity index (χ1v) is 9.51. The first-order valence-electron chi connectivity index (χ1n) is 8.72. The zero-order chi connectivity index (χ0) is 19.6. The lowest BCUT2D eigenvalue weighted by molar-refractivity contribution is 0.0773. The molecule has 7 heteroatoms. The normalized spacial score (nSPS) is 10.9. The maximum atomic E-state index is 14.4. The number of pyridine rings is 2. The Morgan fingerprint density at radius 3 is 2.63 bits per heavy atom. The first kappa shape index (κ1) is 19.2.